The van der Waals surface area contributed by atoms with Crippen molar-refractivity contribution in [1.29, 1.82) is 0 Å². The number of methoxy groups -OCH3 is 2. The SMILES string of the molecule is COc1cc(OC)cc(OC(C)CC(C)=O)c1. The molecule has 0 aliphatic carbocycles. The highest BCUT2D eigenvalue weighted by Crippen LogP contribution is 2.28. The van der Waals surface area contributed by atoms with Crippen molar-refractivity contribution in [3.63, 3.8) is 0 Å². The molecule has 0 radical (unpaired) electrons. The quantitative estimate of drug-likeness (QED) is 0.763. The molecule has 0 fully saturated rings. The highest BCUT2D eigenvalue weighted by atomic mass is 16.5. The van der Waals surface area contributed by atoms with Crippen LogP contribution in [0.3, 0.4) is 0 Å². The maximum atomic E-state index is 11.0. The van der Waals surface area contributed by atoms with E-state index in [0.29, 0.717) is 23.7 Å². The van der Waals surface area contributed by atoms with Gasteiger partial charge in [-0.1, -0.05) is 0 Å². The van der Waals surface area contributed by atoms with Crippen molar-refractivity contribution in [2.24, 2.45) is 0 Å². The fourth-order valence-corrected chi connectivity index (χ4v) is 1.53. The van der Waals surface area contributed by atoms with E-state index in [0.717, 1.165) is 0 Å². The molecule has 1 aromatic rings. The minimum Gasteiger partial charge on any atom is -0.496 e. The fraction of sp³-hybridized carbons (Fsp3) is 0.462. The van der Waals surface area contributed by atoms with Crippen molar-refractivity contribution in [2.75, 3.05) is 14.2 Å². The van der Waals surface area contributed by atoms with Crippen molar-refractivity contribution in [3.05, 3.63) is 18.2 Å². The minimum absolute atomic E-state index is 0.104. The zero-order valence-electron chi connectivity index (χ0n) is 10.6. The van der Waals surface area contributed by atoms with Crippen LogP contribution in [-0.4, -0.2) is 26.1 Å². The van der Waals surface area contributed by atoms with Crippen molar-refractivity contribution < 1.29 is 19.0 Å². The number of carbonyl (C=O) groups is 1. The summed E-state index contributed by atoms with van der Waals surface area (Å²) in [4.78, 5) is 11.0. The Morgan fingerprint density at radius 3 is 2.00 bits per heavy atom. The van der Waals surface area contributed by atoms with Crippen LogP contribution in [0.1, 0.15) is 20.3 Å². The van der Waals surface area contributed by atoms with Crippen molar-refractivity contribution in [2.45, 2.75) is 26.4 Å². The molecule has 0 spiro atoms. The third-order valence-electron chi connectivity index (χ3n) is 2.24. The topological polar surface area (TPSA) is 44.8 Å². The lowest BCUT2D eigenvalue weighted by molar-refractivity contribution is -0.118. The van der Waals surface area contributed by atoms with Gasteiger partial charge in [0.2, 0.25) is 0 Å². The second-order valence-corrected chi connectivity index (χ2v) is 3.88. The number of ketones is 1. The number of ether oxygens (including phenoxy) is 3. The Morgan fingerprint density at radius 1 is 1.12 bits per heavy atom. The van der Waals surface area contributed by atoms with Crippen LogP contribution in [0.4, 0.5) is 0 Å². The molecule has 0 aliphatic rings. The minimum atomic E-state index is -0.163. The van der Waals surface area contributed by atoms with Gasteiger partial charge in [-0.15, -0.1) is 0 Å². The summed E-state index contributed by atoms with van der Waals surface area (Å²) in [5, 5.41) is 0. The highest BCUT2D eigenvalue weighted by molar-refractivity contribution is 5.75. The number of hydrogen-bond acceptors (Lipinski definition) is 4. The maximum absolute atomic E-state index is 11.0. The predicted octanol–water partition coefficient (Wildman–Crippen LogP) is 2.45. The lowest BCUT2D eigenvalue weighted by atomic mass is 10.2. The van der Waals surface area contributed by atoms with E-state index in [4.69, 9.17) is 14.2 Å². The van der Waals surface area contributed by atoms with E-state index in [2.05, 4.69) is 0 Å². The molecular formula is C13H18O4. The Kier molecular flexibility index (Phi) is 4.82. The number of carbonyl (C=O) groups excluding carboxylic acids is 1. The average molecular weight is 238 g/mol. The van der Waals surface area contributed by atoms with Gasteiger partial charge in [0, 0.05) is 24.6 Å². The van der Waals surface area contributed by atoms with E-state index in [1.807, 2.05) is 6.92 Å². The van der Waals surface area contributed by atoms with Crippen LogP contribution in [0.5, 0.6) is 17.2 Å². The summed E-state index contributed by atoms with van der Waals surface area (Å²) in [5.41, 5.74) is 0. The molecule has 17 heavy (non-hydrogen) atoms. The van der Waals surface area contributed by atoms with Crippen LogP contribution in [0, 0.1) is 0 Å². The van der Waals surface area contributed by atoms with E-state index in [1.165, 1.54) is 0 Å². The van der Waals surface area contributed by atoms with Gasteiger partial charge in [0.15, 0.2) is 0 Å². The first kappa shape index (κ1) is 13.4. The van der Waals surface area contributed by atoms with Gasteiger partial charge in [-0.25, -0.2) is 0 Å². The van der Waals surface area contributed by atoms with Crippen LogP contribution in [0.15, 0.2) is 18.2 Å². The first-order chi connectivity index (χ1) is 8.05. The average Bonchev–Trinajstić information content (AvgIpc) is 2.27. The summed E-state index contributed by atoms with van der Waals surface area (Å²) in [6, 6.07) is 5.29. The smallest absolute Gasteiger partial charge is 0.133 e. The molecule has 4 nitrogen and oxygen atoms in total. The van der Waals surface area contributed by atoms with E-state index in [1.54, 1.807) is 39.3 Å². The fourth-order valence-electron chi connectivity index (χ4n) is 1.53. The predicted molar refractivity (Wildman–Crippen MR) is 64.9 cm³/mol. The Morgan fingerprint density at radius 2 is 1.59 bits per heavy atom. The molecular weight excluding hydrogens is 220 g/mol. The highest BCUT2D eigenvalue weighted by Gasteiger charge is 2.09. The number of Topliss-reactive ketones (excluding diaryl/α,β-unsaturated/α-hetero) is 1. The number of rotatable bonds is 6. The van der Waals surface area contributed by atoms with Crippen LogP contribution >= 0.6 is 0 Å². The Balaban J connectivity index is 2.79. The third kappa shape index (κ3) is 4.34. The van der Waals surface area contributed by atoms with Crippen molar-refractivity contribution in [3.8, 4) is 17.2 Å². The molecule has 0 aromatic heterocycles. The third-order valence-corrected chi connectivity index (χ3v) is 2.24. The molecule has 0 amide bonds. The Labute approximate surface area is 101 Å². The summed E-state index contributed by atoms with van der Waals surface area (Å²) < 4.78 is 15.9. The van der Waals surface area contributed by atoms with Gasteiger partial charge in [0.05, 0.1) is 14.2 Å². The Hall–Kier alpha value is -1.71. The van der Waals surface area contributed by atoms with E-state index in [9.17, 15) is 4.79 Å². The van der Waals surface area contributed by atoms with Crippen molar-refractivity contribution in [1.82, 2.24) is 0 Å². The second kappa shape index (κ2) is 6.13. The van der Waals surface area contributed by atoms with E-state index >= 15 is 0 Å². The zero-order valence-corrected chi connectivity index (χ0v) is 10.6. The molecule has 0 heterocycles. The summed E-state index contributed by atoms with van der Waals surface area (Å²) >= 11 is 0. The molecule has 1 unspecified atom stereocenters. The van der Waals surface area contributed by atoms with Gasteiger partial charge >= 0.3 is 0 Å². The first-order valence-corrected chi connectivity index (χ1v) is 5.44. The summed E-state index contributed by atoms with van der Waals surface area (Å²) in [6.07, 6.45) is 0.226. The normalized spacial score (nSPS) is 11.8. The Bertz CT molecular complexity index is 365. The molecule has 1 rings (SSSR count). The van der Waals surface area contributed by atoms with Crippen molar-refractivity contribution >= 4 is 5.78 Å². The maximum Gasteiger partial charge on any atom is 0.133 e. The van der Waals surface area contributed by atoms with Crippen LogP contribution in [0.25, 0.3) is 0 Å². The molecule has 1 atom stereocenters. The molecule has 0 aliphatic heterocycles. The lowest BCUT2D eigenvalue weighted by Crippen LogP contribution is -2.15. The van der Waals surface area contributed by atoms with Crippen LogP contribution in [-0.2, 0) is 4.79 Å². The molecule has 4 heteroatoms. The lowest BCUT2D eigenvalue weighted by Gasteiger charge is -2.15. The van der Waals surface area contributed by atoms with Gasteiger partial charge in [0.1, 0.15) is 29.1 Å². The van der Waals surface area contributed by atoms with Gasteiger partial charge < -0.3 is 14.2 Å². The largest absolute Gasteiger partial charge is 0.496 e. The van der Waals surface area contributed by atoms with Crippen LogP contribution < -0.4 is 14.2 Å². The van der Waals surface area contributed by atoms with E-state index < -0.39 is 0 Å². The van der Waals surface area contributed by atoms with Gasteiger partial charge in [0.25, 0.3) is 0 Å². The molecule has 94 valence electrons. The second-order valence-electron chi connectivity index (χ2n) is 3.88. The summed E-state index contributed by atoms with van der Waals surface area (Å²) in [6.45, 7) is 3.40. The van der Waals surface area contributed by atoms with Crippen LogP contribution in [0.2, 0.25) is 0 Å². The van der Waals surface area contributed by atoms with Gasteiger partial charge in [-0.05, 0) is 13.8 Å². The number of hydrogen-bond donors (Lipinski definition) is 0. The molecule has 1 aromatic carbocycles. The monoisotopic (exact) mass is 238 g/mol. The van der Waals surface area contributed by atoms with E-state index in [-0.39, 0.29) is 11.9 Å². The summed E-state index contributed by atoms with van der Waals surface area (Å²) in [7, 11) is 3.16. The van der Waals surface area contributed by atoms with Gasteiger partial charge in [-0.2, -0.15) is 0 Å². The van der Waals surface area contributed by atoms with Gasteiger partial charge in [-0.3, -0.25) is 4.79 Å². The molecule has 0 saturated carbocycles. The molecule has 0 N–H and O–H groups in total. The zero-order chi connectivity index (χ0) is 12.8. The standard InChI is InChI=1S/C13H18O4/c1-9(14)5-10(2)17-13-7-11(15-3)6-12(8-13)16-4/h6-8,10H,5H2,1-4H3. The summed E-state index contributed by atoms with van der Waals surface area (Å²) in [5.74, 6) is 2.06. The number of benzene rings is 1. The molecule has 0 saturated heterocycles. The molecule has 0 bridgehead atoms. The first-order valence-electron chi connectivity index (χ1n) is 5.44.